The molecule has 0 aromatic carbocycles. The molecule has 3 N–H and O–H groups in total. The molecule has 128 valence electrons. The Hall–Kier alpha value is -1.89. The highest BCUT2D eigenvalue weighted by molar-refractivity contribution is 7.19. The van der Waals surface area contributed by atoms with E-state index < -0.39 is 6.03 Å². The molecular formula is C17H23N5OS. The van der Waals surface area contributed by atoms with Gasteiger partial charge in [-0.25, -0.2) is 14.8 Å². The molecule has 1 aliphatic carbocycles. The van der Waals surface area contributed by atoms with E-state index >= 15 is 0 Å². The molecule has 2 aromatic heterocycles. The number of aryl methyl sites for hydroxylation is 3. The van der Waals surface area contributed by atoms with Crippen molar-refractivity contribution >= 4 is 33.4 Å². The maximum atomic E-state index is 11.0. The van der Waals surface area contributed by atoms with Gasteiger partial charge in [0, 0.05) is 24.0 Å². The fourth-order valence-electron chi connectivity index (χ4n) is 3.91. The van der Waals surface area contributed by atoms with Crippen molar-refractivity contribution in [3.05, 3.63) is 16.3 Å². The van der Waals surface area contributed by atoms with E-state index in [-0.39, 0.29) is 6.04 Å². The molecule has 1 saturated heterocycles. The minimum atomic E-state index is -0.430. The average molecular weight is 345 g/mol. The highest BCUT2D eigenvalue weighted by Gasteiger charge is 2.26. The summed E-state index contributed by atoms with van der Waals surface area (Å²) in [7, 11) is 0. The van der Waals surface area contributed by atoms with Gasteiger partial charge in [0.05, 0.1) is 5.39 Å². The minimum absolute atomic E-state index is 0.175. The van der Waals surface area contributed by atoms with Crippen LogP contribution in [-0.2, 0) is 12.8 Å². The molecule has 0 unspecified atom stereocenters. The molecular weight excluding hydrogens is 322 g/mol. The standard InChI is InChI=1S/C17H23N5OS/c1-10-19-15(22-8-6-11(7-9-22)21-17(18)23)14-12-4-2-3-5-13(12)24-16(14)20-10/h11H,2-9H2,1H3,(H3,18,21,23). The van der Waals surface area contributed by atoms with Gasteiger partial charge in [0.25, 0.3) is 0 Å². The van der Waals surface area contributed by atoms with Crippen molar-refractivity contribution in [3.63, 3.8) is 0 Å². The normalized spacial score (nSPS) is 18.6. The number of piperidine rings is 1. The van der Waals surface area contributed by atoms with Crippen molar-refractivity contribution in [1.29, 1.82) is 0 Å². The summed E-state index contributed by atoms with van der Waals surface area (Å²) in [6.45, 7) is 3.76. The highest BCUT2D eigenvalue weighted by Crippen LogP contribution is 2.40. The molecule has 6 nitrogen and oxygen atoms in total. The van der Waals surface area contributed by atoms with E-state index in [0.717, 1.165) is 48.8 Å². The van der Waals surface area contributed by atoms with Crippen LogP contribution in [0.4, 0.5) is 10.6 Å². The number of nitrogens with two attached hydrogens (primary N) is 1. The molecule has 3 heterocycles. The maximum Gasteiger partial charge on any atom is 0.312 e. The Kier molecular flexibility index (Phi) is 4.04. The van der Waals surface area contributed by atoms with Crippen molar-refractivity contribution in [2.75, 3.05) is 18.0 Å². The van der Waals surface area contributed by atoms with Crippen LogP contribution in [0, 0.1) is 6.92 Å². The van der Waals surface area contributed by atoms with Crippen molar-refractivity contribution in [3.8, 4) is 0 Å². The van der Waals surface area contributed by atoms with E-state index in [1.54, 1.807) is 0 Å². The van der Waals surface area contributed by atoms with Gasteiger partial charge in [-0.1, -0.05) is 0 Å². The van der Waals surface area contributed by atoms with Crippen LogP contribution in [0.1, 0.15) is 41.9 Å². The number of amides is 2. The summed E-state index contributed by atoms with van der Waals surface area (Å²) in [5, 5.41) is 4.11. The number of primary amides is 1. The summed E-state index contributed by atoms with van der Waals surface area (Å²) in [5.41, 5.74) is 6.72. The smallest absolute Gasteiger partial charge is 0.312 e. The molecule has 0 spiro atoms. The molecule has 0 saturated carbocycles. The topological polar surface area (TPSA) is 84.1 Å². The number of hydrogen-bond donors (Lipinski definition) is 2. The largest absolute Gasteiger partial charge is 0.356 e. The third-order valence-electron chi connectivity index (χ3n) is 5.05. The molecule has 2 aliphatic rings. The number of urea groups is 1. The lowest BCUT2D eigenvalue weighted by Crippen LogP contribution is -2.46. The van der Waals surface area contributed by atoms with Crippen LogP contribution in [0.3, 0.4) is 0 Å². The first kappa shape index (κ1) is 15.6. The molecule has 2 amide bonds. The van der Waals surface area contributed by atoms with Gasteiger partial charge in [-0.05, 0) is 51.0 Å². The van der Waals surface area contributed by atoms with Gasteiger partial charge < -0.3 is 16.0 Å². The van der Waals surface area contributed by atoms with Crippen LogP contribution >= 0.6 is 11.3 Å². The number of nitrogens with one attached hydrogen (secondary N) is 1. The first-order valence-electron chi connectivity index (χ1n) is 8.71. The molecule has 7 heteroatoms. The number of thiophene rings is 1. The summed E-state index contributed by atoms with van der Waals surface area (Å²) in [4.78, 5) is 25.5. The fourth-order valence-corrected chi connectivity index (χ4v) is 5.21. The lowest BCUT2D eigenvalue weighted by atomic mass is 9.96. The summed E-state index contributed by atoms with van der Waals surface area (Å²) in [5.74, 6) is 1.93. The second-order valence-electron chi connectivity index (χ2n) is 6.76. The van der Waals surface area contributed by atoms with Crippen LogP contribution in [0.25, 0.3) is 10.2 Å². The Morgan fingerprint density at radius 1 is 1.25 bits per heavy atom. The Morgan fingerprint density at radius 2 is 2.00 bits per heavy atom. The molecule has 1 fully saturated rings. The third kappa shape index (κ3) is 2.81. The predicted molar refractivity (Wildman–Crippen MR) is 96.7 cm³/mol. The SMILES string of the molecule is Cc1nc(N2CCC(NC(N)=O)CC2)c2c3c(sc2n1)CCCC3. The van der Waals surface area contributed by atoms with Crippen LogP contribution in [-0.4, -0.2) is 35.1 Å². The Bertz CT molecular complexity index is 779. The average Bonchev–Trinajstić information content (AvgIpc) is 2.92. The molecule has 4 rings (SSSR count). The quantitative estimate of drug-likeness (QED) is 0.876. The van der Waals surface area contributed by atoms with Gasteiger partial charge >= 0.3 is 6.03 Å². The van der Waals surface area contributed by atoms with Crippen molar-refractivity contribution in [2.24, 2.45) is 5.73 Å². The van der Waals surface area contributed by atoms with Gasteiger partial charge in [0.1, 0.15) is 16.5 Å². The van der Waals surface area contributed by atoms with E-state index in [1.807, 2.05) is 18.3 Å². The lowest BCUT2D eigenvalue weighted by Gasteiger charge is -2.33. The van der Waals surface area contributed by atoms with Gasteiger partial charge in [-0.3, -0.25) is 0 Å². The Labute approximate surface area is 145 Å². The van der Waals surface area contributed by atoms with Crippen LogP contribution in [0.5, 0.6) is 0 Å². The van der Waals surface area contributed by atoms with Crippen molar-refractivity contribution in [2.45, 2.75) is 51.5 Å². The summed E-state index contributed by atoms with van der Waals surface area (Å²) >= 11 is 1.85. The van der Waals surface area contributed by atoms with E-state index in [2.05, 4.69) is 10.2 Å². The predicted octanol–water partition coefficient (Wildman–Crippen LogP) is 2.52. The highest BCUT2D eigenvalue weighted by atomic mass is 32.1. The Balaban J connectivity index is 1.67. The summed E-state index contributed by atoms with van der Waals surface area (Å²) in [6.07, 6.45) is 6.68. The molecule has 0 radical (unpaired) electrons. The summed E-state index contributed by atoms with van der Waals surface area (Å²) < 4.78 is 0. The lowest BCUT2D eigenvalue weighted by molar-refractivity contribution is 0.242. The van der Waals surface area contributed by atoms with Gasteiger partial charge in [0.2, 0.25) is 0 Å². The van der Waals surface area contributed by atoms with E-state index in [4.69, 9.17) is 15.7 Å². The maximum absolute atomic E-state index is 11.0. The fraction of sp³-hybridized carbons (Fsp3) is 0.588. The van der Waals surface area contributed by atoms with Crippen molar-refractivity contribution in [1.82, 2.24) is 15.3 Å². The number of hydrogen-bond acceptors (Lipinski definition) is 5. The third-order valence-corrected chi connectivity index (χ3v) is 6.23. The van der Waals surface area contributed by atoms with Crippen LogP contribution in [0.2, 0.25) is 0 Å². The van der Waals surface area contributed by atoms with Crippen LogP contribution < -0.4 is 16.0 Å². The number of anilines is 1. The monoisotopic (exact) mass is 345 g/mol. The first-order chi connectivity index (χ1) is 11.6. The van der Waals surface area contributed by atoms with Gasteiger partial charge in [-0.2, -0.15) is 0 Å². The van der Waals surface area contributed by atoms with Gasteiger partial charge in [0.15, 0.2) is 0 Å². The second-order valence-corrected chi connectivity index (χ2v) is 7.84. The zero-order valence-electron chi connectivity index (χ0n) is 14.0. The van der Waals surface area contributed by atoms with Crippen molar-refractivity contribution < 1.29 is 4.79 Å². The summed E-state index contributed by atoms with van der Waals surface area (Å²) in [6, 6.07) is -0.255. The zero-order chi connectivity index (χ0) is 16.7. The molecule has 24 heavy (non-hydrogen) atoms. The number of fused-ring (bicyclic) bond motifs is 3. The molecule has 0 bridgehead atoms. The molecule has 2 aromatic rings. The minimum Gasteiger partial charge on any atom is -0.356 e. The number of rotatable bonds is 2. The van der Waals surface area contributed by atoms with Crippen LogP contribution in [0.15, 0.2) is 0 Å². The van der Waals surface area contributed by atoms with E-state index in [1.165, 1.54) is 35.1 Å². The van der Waals surface area contributed by atoms with E-state index in [9.17, 15) is 4.79 Å². The number of carbonyl (C=O) groups excluding carboxylic acids is 1. The molecule has 0 atom stereocenters. The molecule has 1 aliphatic heterocycles. The van der Waals surface area contributed by atoms with Gasteiger partial charge in [-0.15, -0.1) is 11.3 Å². The van der Waals surface area contributed by atoms with E-state index in [0.29, 0.717) is 0 Å². The second kappa shape index (κ2) is 6.20. The number of carbonyl (C=O) groups is 1. The first-order valence-corrected chi connectivity index (χ1v) is 9.53. The number of aromatic nitrogens is 2. The number of nitrogens with zero attached hydrogens (tertiary/aromatic N) is 3. The zero-order valence-corrected chi connectivity index (χ0v) is 14.8. The Morgan fingerprint density at radius 3 is 2.75 bits per heavy atom.